The molecule has 0 aromatic rings. The molecule has 2 N–H and O–H groups in total. The summed E-state index contributed by atoms with van der Waals surface area (Å²) in [7, 11) is 0. The Labute approximate surface area is 111 Å². The molecule has 0 aromatic carbocycles. The lowest BCUT2D eigenvalue weighted by Crippen LogP contribution is -2.51. The van der Waals surface area contributed by atoms with Crippen LogP contribution in [0.4, 0.5) is 0 Å². The molecule has 1 fully saturated rings. The number of likely N-dealkylation sites (N-methyl/N-ethyl adjacent to an activating group) is 1. The molecule has 1 heterocycles. The van der Waals surface area contributed by atoms with E-state index in [0.29, 0.717) is 18.4 Å². The molecule has 1 amide bonds. The van der Waals surface area contributed by atoms with Gasteiger partial charge in [0.05, 0.1) is 6.10 Å². The lowest BCUT2D eigenvalue weighted by atomic mass is 9.88. The number of likely N-dealkylation sites (tertiary alicyclic amines) is 1. The Balaban J connectivity index is 2.58. The van der Waals surface area contributed by atoms with Gasteiger partial charge in [0.1, 0.15) is 0 Å². The van der Waals surface area contributed by atoms with E-state index in [0.717, 1.165) is 38.9 Å². The topological polar surface area (TPSA) is 52.6 Å². The van der Waals surface area contributed by atoms with Crippen LogP contribution in [0.25, 0.3) is 0 Å². The lowest BCUT2D eigenvalue weighted by Gasteiger charge is -2.38. The zero-order chi connectivity index (χ0) is 13.5. The van der Waals surface area contributed by atoms with E-state index in [9.17, 15) is 9.90 Å². The Bertz CT molecular complexity index is 258. The van der Waals surface area contributed by atoms with Crippen LogP contribution in [0.5, 0.6) is 0 Å². The molecular weight excluding hydrogens is 228 g/mol. The molecule has 0 spiro atoms. The van der Waals surface area contributed by atoms with E-state index in [1.807, 2.05) is 18.7 Å². The molecule has 0 bridgehead atoms. The van der Waals surface area contributed by atoms with Gasteiger partial charge in [0.2, 0.25) is 5.91 Å². The highest BCUT2D eigenvalue weighted by atomic mass is 16.3. The van der Waals surface area contributed by atoms with E-state index in [1.54, 1.807) is 0 Å². The van der Waals surface area contributed by atoms with E-state index in [2.05, 4.69) is 12.2 Å². The zero-order valence-electron chi connectivity index (χ0n) is 12.0. The van der Waals surface area contributed by atoms with Crippen molar-refractivity contribution in [2.75, 3.05) is 19.6 Å². The quantitative estimate of drug-likeness (QED) is 0.755. The van der Waals surface area contributed by atoms with Crippen LogP contribution in [0.3, 0.4) is 0 Å². The summed E-state index contributed by atoms with van der Waals surface area (Å²) >= 11 is 0. The van der Waals surface area contributed by atoms with Crippen molar-refractivity contribution in [1.29, 1.82) is 0 Å². The van der Waals surface area contributed by atoms with Crippen molar-refractivity contribution in [2.45, 2.75) is 58.6 Å². The van der Waals surface area contributed by atoms with Gasteiger partial charge in [-0.05, 0) is 31.7 Å². The Morgan fingerprint density at radius 1 is 1.39 bits per heavy atom. The largest absolute Gasteiger partial charge is 0.393 e. The summed E-state index contributed by atoms with van der Waals surface area (Å²) in [6.45, 7) is 8.57. The van der Waals surface area contributed by atoms with Crippen molar-refractivity contribution < 1.29 is 9.90 Å². The minimum absolute atomic E-state index is 0.228. The number of hydrogen-bond donors (Lipinski definition) is 2. The van der Waals surface area contributed by atoms with Gasteiger partial charge in [-0.2, -0.15) is 0 Å². The van der Waals surface area contributed by atoms with Crippen molar-refractivity contribution in [3.8, 4) is 0 Å². The molecule has 0 aliphatic carbocycles. The number of hydrogen-bond acceptors (Lipinski definition) is 3. The van der Waals surface area contributed by atoms with Gasteiger partial charge in [-0.25, -0.2) is 0 Å². The molecular formula is C14H28N2O2. The van der Waals surface area contributed by atoms with Crippen molar-refractivity contribution >= 4 is 5.91 Å². The number of nitrogens with one attached hydrogen (secondary N) is 1. The number of aliphatic hydroxyl groups is 1. The van der Waals surface area contributed by atoms with E-state index in [1.165, 1.54) is 0 Å². The van der Waals surface area contributed by atoms with Crippen molar-refractivity contribution in [1.82, 2.24) is 10.2 Å². The first kappa shape index (κ1) is 15.4. The summed E-state index contributed by atoms with van der Waals surface area (Å²) in [4.78, 5) is 13.8. The number of carbonyl (C=O) groups is 1. The molecule has 0 radical (unpaired) electrons. The molecule has 106 valence electrons. The van der Waals surface area contributed by atoms with Crippen LogP contribution < -0.4 is 5.32 Å². The van der Waals surface area contributed by atoms with Gasteiger partial charge in [-0.1, -0.05) is 20.8 Å². The Morgan fingerprint density at radius 2 is 2.11 bits per heavy atom. The average molecular weight is 256 g/mol. The molecule has 4 heteroatoms. The predicted molar refractivity (Wildman–Crippen MR) is 73.4 cm³/mol. The van der Waals surface area contributed by atoms with Gasteiger partial charge in [-0.3, -0.25) is 4.79 Å². The van der Waals surface area contributed by atoms with E-state index >= 15 is 0 Å². The van der Waals surface area contributed by atoms with Gasteiger partial charge in [0.25, 0.3) is 0 Å². The van der Waals surface area contributed by atoms with Crippen LogP contribution in [-0.2, 0) is 4.79 Å². The molecule has 0 aromatic heterocycles. The third-order valence-corrected chi connectivity index (χ3v) is 3.76. The summed E-state index contributed by atoms with van der Waals surface area (Å²) in [6.07, 6.45) is 3.02. The molecule has 18 heavy (non-hydrogen) atoms. The minimum atomic E-state index is -0.228. The van der Waals surface area contributed by atoms with Crippen molar-refractivity contribution in [3.05, 3.63) is 0 Å². The van der Waals surface area contributed by atoms with Crippen LogP contribution in [-0.4, -0.2) is 47.7 Å². The Hall–Kier alpha value is -0.610. The van der Waals surface area contributed by atoms with Crippen LogP contribution in [0.2, 0.25) is 0 Å². The minimum Gasteiger partial charge on any atom is -0.393 e. The fourth-order valence-corrected chi connectivity index (χ4v) is 2.79. The maximum Gasteiger partial charge on any atom is 0.222 e. The fourth-order valence-electron chi connectivity index (χ4n) is 2.79. The molecule has 4 nitrogen and oxygen atoms in total. The second-order valence-electron chi connectivity index (χ2n) is 5.31. The first-order valence-corrected chi connectivity index (χ1v) is 7.29. The second kappa shape index (κ2) is 7.74. The molecule has 3 atom stereocenters. The Kier molecular flexibility index (Phi) is 6.65. The number of rotatable bonds is 6. The average Bonchev–Trinajstić information content (AvgIpc) is 2.37. The van der Waals surface area contributed by atoms with Gasteiger partial charge < -0.3 is 15.3 Å². The highest BCUT2D eigenvalue weighted by Gasteiger charge is 2.29. The number of aliphatic hydroxyl groups excluding tert-OH is 1. The van der Waals surface area contributed by atoms with Crippen LogP contribution in [0.1, 0.15) is 46.5 Å². The maximum absolute atomic E-state index is 11.9. The van der Waals surface area contributed by atoms with Gasteiger partial charge in [0, 0.05) is 25.6 Å². The highest BCUT2D eigenvalue weighted by Crippen LogP contribution is 2.23. The van der Waals surface area contributed by atoms with E-state index in [-0.39, 0.29) is 12.0 Å². The van der Waals surface area contributed by atoms with Gasteiger partial charge >= 0.3 is 0 Å². The predicted octanol–water partition coefficient (Wildman–Crippen LogP) is 1.38. The normalized spacial score (nSPS) is 26.1. The summed E-state index contributed by atoms with van der Waals surface area (Å²) in [5.74, 6) is 0.654. The van der Waals surface area contributed by atoms with Gasteiger partial charge in [-0.15, -0.1) is 0 Å². The number of amides is 1. The van der Waals surface area contributed by atoms with E-state index < -0.39 is 0 Å². The number of carbonyl (C=O) groups excluding carboxylic acids is 1. The molecule has 1 saturated heterocycles. The summed E-state index contributed by atoms with van der Waals surface area (Å²) in [5, 5.41) is 13.2. The molecule has 3 unspecified atom stereocenters. The molecule has 1 rings (SSSR count). The second-order valence-corrected chi connectivity index (χ2v) is 5.31. The van der Waals surface area contributed by atoms with Crippen LogP contribution in [0, 0.1) is 5.92 Å². The summed E-state index contributed by atoms with van der Waals surface area (Å²) < 4.78 is 0. The number of nitrogens with zero attached hydrogens (tertiary/aromatic N) is 1. The van der Waals surface area contributed by atoms with E-state index in [4.69, 9.17) is 0 Å². The monoisotopic (exact) mass is 256 g/mol. The number of piperidine rings is 1. The summed E-state index contributed by atoms with van der Waals surface area (Å²) in [6, 6.07) is 0.383. The molecule has 0 saturated carbocycles. The molecule has 1 aliphatic heterocycles. The first-order valence-electron chi connectivity index (χ1n) is 7.29. The smallest absolute Gasteiger partial charge is 0.222 e. The maximum atomic E-state index is 11.9. The Morgan fingerprint density at radius 3 is 2.67 bits per heavy atom. The standard InChI is InChI=1S/C14H28N2O2/c1-4-13(17)8-11-7-12(15-6-3)10-16(9-11)14(18)5-2/h11-13,15,17H,4-10H2,1-3H3. The lowest BCUT2D eigenvalue weighted by molar-refractivity contribution is -0.133. The van der Waals surface area contributed by atoms with Crippen LogP contribution in [0.15, 0.2) is 0 Å². The fraction of sp³-hybridized carbons (Fsp3) is 0.929. The third kappa shape index (κ3) is 4.58. The van der Waals surface area contributed by atoms with Crippen molar-refractivity contribution in [3.63, 3.8) is 0 Å². The first-order chi connectivity index (χ1) is 8.60. The van der Waals surface area contributed by atoms with Crippen LogP contribution >= 0.6 is 0 Å². The summed E-state index contributed by atoms with van der Waals surface area (Å²) in [5.41, 5.74) is 0. The SMILES string of the molecule is CCNC1CC(CC(O)CC)CN(C(=O)CC)C1. The molecule has 1 aliphatic rings. The third-order valence-electron chi connectivity index (χ3n) is 3.76. The highest BCUT2D eigenvalue weighted by molar-refractivity contribution is 5.76. The van der Waals surface area contributed by atoms with Gasteiger partial charge in [0.15, 0.2) is 0 Å². The van der Waals surface area contributed by atoms with Crippen molar-refractivity contribution in [2.24, 2.45) is 5.92 Å². The zero-order valence-corrected chi connectivity index (χ0v) is 12.0.